The second-order valence-corrected chi connectivity index (χ2v) is 8.84. The molecule has 0 atom stereocenters. The molecule has 0 aliphatic carbocycles. The van der Waals surface area contributed by atoms with Gasteiger partial charge in [-0.15, -0.1) is 0 Å². The van der Waals surface area contributed by atoms with Gasteiger partial charge < -0.3 is 9.47 Å². The number of aryl methyl sites for hydroxylation is 1. The van der Waals surface area contributed by atoms with E-state index in [9.17, 15) is 14.9 Å². The molecule has 0 radical (unpaired) electrons. The number of rotatable bonds is 8. The van der Waals surface area contributed by atoms with Crippen molar-refractivity contribution in [1.29, 1.82) is 0 Å². The Morgan fingerprint density at radius 2 is 1.97 bits per heavy atom. The number of thiazole rings is 1. The van der Waals surface area contributed by atoms with Crippen LogP contribution in [-0.4, -0.2) is 67.2 Å². The van der Waals surface area contributed by atoms with Crippen LogP contribution in [0.4, 0.5) is 10.8 Å². The number of hydrogen-bond acceptors (Lipinski definition) is 8. The molecule has 1 aliphatic heterocycles. The molecule has 1 amide bonds. The number of carbonyl (C=O) groups is 1. The zero-order chi connectivity index (χ0) is 23.4. The van der Waals surface area contributed by atoms with Crippen molar-refractivity contribution in [1.82, 2.24) is 9.88 Å². The summed E-state index contributed by atoms with van der Waals surface area (Å²) in [4.78, 5) is 32.7. The molecule has 0 unspecified atom stereocenters. The minimum Gasteiger partial charge on any atom is -0.494 e. The number of anilines is 1. The molecule has 0 saturated carbocycles. The maximum atomic E-state index is 13.4. The van der Waals surface area contributed by atoms with Crippen LogP contribution in [0.1, 0.15) is 11.1 Å². The van der Waals surface area contributed by atoms with Crippen molar-refractivity contribution >= 4 is 38.3 Å². The third kappa shape index (κ3) is 5.29. The van der Waals surface area contributed by atoms with Crippen LogP contribution >= 0.6 is 11.3 Å². The van der Waals surface area contributed by atoms with Gasteiger partial charge in [0, 0.05) is 38.3 Å². The van der Waals surface area contributed by atoms with Gasteiger partial charge in [0.15, 0.2) is 5.13 Å². The smallest absolute Gasteiger partial charge is 0.269 e. The van der Waals surface area contributed by atoms with Gasteiger partial charge in [-0.3, -0.25) is 24.7 Å². The van der Waals surface area contributed by atoms with E-state index >= 15 is 0 Å². The van der Waals surface area contributed by atoms with Crippen LogP contribution in [0.25, 0.3) is 10.2 Å². The van der Waals surface area contributed by atoms with E-state index in [4.69, 9.17) is 14.5 Å². The lowest BCUT2D eigenvalue weighted by atomic mass is 10.1. The third-order valence-electron chi connectivity index (χ3n) is 5.69. The Labute approximate surface area is 195 Å². The third-order valence-corrected chi connectivity index (χ3v) is 6.90. The molecule has 4 rings (SSSR count). The van der Waals surface area contributed by atoms with E-state index in [0.29, 0.717) is 37.2 Å². The number of nitro groups is 1. The number of morpholine rings is 1. The number of fused-ring (bicyclic) bond motifs is 1. The Bertz CT molecular complexity index is 1140. The molecule has 3 aromatic rings. The average Bonchev–Trinajstić information content (AvgIpc) is 3.26. The average molecular weight is 471 g/mol. The van der Waals surface area contributed by atoms with E-state index in [2.05, 4.69) is 4.90 Å². The zero-order valence-electron chi connectivity index (χ0n) is 18.7. The second-order valence-electron chi connectivity index (χ2n) is 7.86. The second kappa shape index (κ2) is 10.2. The van der Waals surface area contributed by atoms with Crippen LogP contribution in [0.2, 0.25) is 0 Å². The molecule has 1 fully saturated rings. The van der Waals surface area contributed by atoms with Gasteiger partial charge in [-0.05, 0) is 24.1 Å². The van der Waals surface area contributed by atoms with E-state index in [1.807, 2.05) is 19.1 Å². The van der Waals surface area contributed by atoms with Crippen LogP contribution in [-0.2, 0) is 16.0 Å². The first-order valence-corrected chi connectivity index (χ1v) is 11.6. The first-order valence-electron chi connectivity index (χ1n) is 10.7. The highest BCUT2D eigenvalue weighted by atomic mass is 32.1. The van der Waals surface area contributed by atoms with Crippen LogP contribution in [0.15, 0.2) is 36.4 Å². The molecular formula is C23H26N4O5S. The number of benzene rings is 2. The van der Waals surface area contributed by atoms with Gasteiger partial charge in [0.25, 0.3) is 5.69 Å². The van der Waals surface area contributed by atoms with Crippen molar-refractivity contribution in [2.45, 2.75) is 13.3 Å². The van der Waals surface area contributed by atoms with Crippen LogP contribution < -0.4 is 9.64 Å². The van der Waals surface area contributed by atoms with E-state index in [1.165, 1.54) is 23.5 Å². The fourth-order valence-corrected chi connectivity index (χ4v) is 4.87. The van der Waals surface area contributed by atoms with Crippen molar-refractivity contribution in [3.63, 3.8) is 0 Å². The Kier molecular flexibility index (Phi) is 7.17. The standard InChI is InChI=1S/C23H26N4O5S/c1-16-3-8-19(31-2)21-22(16)33-23(24-21)26(10-9-25-11-13-32-14-12-25)20(28)15-17-4-6-18(7-5-17)27(29)30/h3-8H,9-15H2,1-2H3. The summed E-state index contributed by atoms with van der Waals surface area (Å²) in [6.07, 6.45) is 0.132. The molecule has 33 heavy (non-hydrogen) atoms. The molecule has 1 saturated heterocycles. The largest absolute Gasteiger partial charge is 0.494 e. The molecule has 0 spiro atoms. The number of nitrogens with zero attached hydrogens (tertiary/aromatic N) is 4. The molecule has 1 aromatic heterocycles. The summed E-state index contributed by atoms with van der Waals surface area (Å²) < 4.78 is 11.9. The zero-order valence-corrected chi connectivity index (χ0v) is 19.5. The van der Waals surface area contributed by atoms with Crippen LogP contribution in [0.5, 0.6) is 5.75 Å². The number of nitro benzene ring substituents is 1. The molecule has 0 N–H and O–H groups in total. The summed E-state index contributed by atoms with van der Waals surface area (Å²) in [5.41, 5.74) is 2.54. The number of ether oxygens (including phenoxy) is 2. The molecule has 174 valence electrons. The van der Waals surface area contributed by atoms with Gasteiger partial charge in [-0.25, -0.2) is 4.98 Å². The molecule has 2 heterocycles. The number of non-ortho nitro benzene ring substituents is 1. The van der Waals surface area contributed by atoms with Crippen LogP contribution in [0, 0.1) is 17.0 Å². The van der Waals surface area contributed by atoms with E-state index in [1.54, 1.807) is 24.1 Å². The molecule has 2 aromatic carbocycles. The highest BCUT2D eigenvalue weighted by Gasteiger charge is 2.23. The van der Waals surface area contributed by atoms with Crippen molar-refractivity contribution in [3.05, 3.63) is 57.6 Å². The van der Waals surface area contributed by atoms with Crippen molar-refractivity contribution in [3.8, 4) is 5.75 Å². The van der Waals surface area contributed by atoms with Crippen molar-refractivity contribution in [2.75, 3.05) is 51.4 Å². The number of hydrogen-bond donors (Lipinski definition) is 0. The summed E-state index contributed by atoms with van der Waals surface area (Å²) in [6, 6.07) is 9.97. The van der Waals surface area contributed by atoms with Crippen molar-refractivity contribution < 1.29 is 19.2 Å². The summed E-state index contributed by atoms with van der Waals surface area (Å²) in [5.74, 6) is 0.571. The van der Waals surface area contributed by atoms with E-state index in [-0.39, 0.29) is 18.0 Å². The number of aromatic nitrogens is 1. The minimum atomic E-state index is -0.447. The van der Waals surface area contributed by atoms with Gasteiger partial charge in [0.05, 0.1) is 36.4 Å². The maximum absolute atomic E-state index is 13.4. The number of methoxy groups -OCH3 is 1. The number of carbonyl (C=O) groups excluding carboxylic acids is 1. The normalized spacial score (nSPS) is 14.4. The lowest BCUT2D eigenvalue weighted by Crippen LogP contribution is -2.43. The van der Waals surface area contributed by atoms with Crippen molar-refractivity contribution in [2.24, 2.45) is 0 Å². The van der Waals surface area contributed by atoms with Gasteiger partial charge >= 0.3 is 0 Å². The van der Waals surface area contributed by atoms with Crippen LogP contribution in [0.3, 0.4) is 0 Å². The topological polar surface area (TPSA) is 98.0 Å². The first-order chi connectivity index (χ1) is 16.0. The quantitative estimate of drug-likeness (QED) is 0.367. The minimum absolute atomic E-state index is 0.00381. The molecule has 10 heteroatoms. The first kappa shape index (κ1) is 23.1. The highest BCUT2D eigenvalue weighted by molar-refractivity contribution is 7.22. The fraction of sp³-hybridized carbons (Fsp3) is 0.391. The Hall–Kier alpha value is -3.08. The van der Waals surface area contributed by atoms with E-state index in [0.717, 1.165) is 34.4 Å². The molecule has 1 aliphatic rings. The lowest BCUT2D eigenvalue weighted by molar-refractivity contribution is -0.384. The SMILES string of the molecule is COc1ccc(C)c2sc(N(CCN3CCOCC3)C(=O)Cc3ccc([N+](=O)[O-])cc3)nc12. The predicted octanol–water partition coefficient (Wildman–Crippen LogP) is 3.43. The summed E-state index contributed by atoms with van der Waals surface area (Å²) in [7, 11) is 1.61. The maximum Gasteiger partial charge on any atom is 0.269 e. The Balaban J connectivity index is 1.61. The molecule has 0 bridgehead atoms. The number of amides is 1. The monoisotopic (exact) mass is 470 g/mol. The highest BCUT2D eigenvalue weighted by Crippen LogP contribution is 2.36. The fourth-order valence-electron chi connectivity index (χ4n) is 3.78. The van der Waals surface area contributed by atoms with Gasteiger partial charge in [0.2, 0.25) is 5.91 Å². The molecule has 9 nitrogen and oxygen atoms in total. The van der Waals surface area contributed by atoms with Gasteiger partial charge in [0.1, 0.15) is 11.3 Å². The Morgan fingerprint density at radius 3 is 2.64 bits per heavy atom. The summed E-state index contributed by atoms with van der Waals surface area (Å²) in [5, 5.41) is 11.6. The van der Waals surface area contributed by atoms with E-state index < -0.39 is 4.92 Å². The summed E-state index contributed by atoms with van der Waals surface area (Å²) >= 11 is 1.47. The molecular weight excluding hydrogens is 444 g/mol. The Morgan fingerprint density at radius 1 is 1.24 bits per heavy atom. The van der Waals surface area contributed by atoms with Gasteiger partial charge in [-0.1, -0.05) is 29.5 Å². The predicted molar refractivity (Wildman–Crippen MR) is 127 cm³/mol. The summed E-state index contributed by atoms with van der Waals surface area (Å²) in [6.45, 7) is 6.26. The van der Waals surface area contributed by atoms with Gasteiger partial charge in [-0.2, -0.15) is 0 Å². The lowest BCUT2D eigenvalue weighted by Gasteiger charge is -2.29.